The number of nitrogens with zero attached hydrogens (tertiary/aromatic N) is 2. The smallest absolute Gasteiger partial charge is 0.321 e. The van der Waals surface area contributed by atoms with Crippen molar-refractivity contribution in [2.45, 2.75) is 4.90 Å². The van der Waals surface area contributed by atoms with Gasteiger partial charge in [-0.2, -0.15) is 5.26 Å². The van der Waals surface area contributed by atoms with Crippen LogP contribution in [0.15, 0.2) is 53.4 Å². The van der Waals surface area contributed by atoms with E-state index in [2.05, 4.69) is 5.32 Å². The zero-order valence-corrected chi connectivity index (χ0v) is 12.9. The van der Waals surface area contributed by atoms with Gasteiger partial charge in [-0.05, 0) is 48.5 Å². The van der Waals surface area contributed by atoms with Crippen molar-refractivity contribution in [2.75, 3.05) is 18.0 Å². The molecule has 0 saturated carbocycles. The fourth-order valence-electron chi connectivity index (χ4n) is 2.18. The number of nitrogens with one attached hydrogen (secondary N) is 1. The quantitative estimate of drug-likeness (QED) is 0.933. The number of amides is 2. The van der Waals surface area contributed by atoms with Gasteiger partial charge < -0.3 is 9.50 Å². The molecule has 6 nitrogen and oxygen atoms in total. The summed E-state index contributed by atoms with van der Waals surface area (Å²) >= 11 is -1.66. The van der Waals surface area contributed by atoms with Gasteiger partial charge in [0.15, 0.2) is 0 Å². The molecule has 0 radical (unpaired) electrons. The van der Waals surface area contributed by atoms with Gasteiger partial charge in [0.2, 0.25) is 11.1 Å². The second kappa shape index (κ2) is 6.50. The van der Waals surface area contributed by atoms with Crippen molar-refractivity contribution in [1.29, 1.82) is 5.26 Å². The summed E-state index contributed by atoms with van der Waals surface area (Å²) < 4.78 is 17.6. The average Bonchev–Trinajstić information content (AvgIpc) is 3.02. The van der Waals surface area contributed by atoms with Crippen molar-refractivity contribution in [3.63, 3.8) is 0 Å². The van der Waals surface area contributed by atoms with E-state index in [9.17, 15) is 9.00 Å². The van der Waals surface area contributed by atoms with Crippen molar-refractivity contribution in [2.24, 2.45) is 0 Å². The topological polar surface area (TPSA) is 82.4 Å². The first-order valence-corrected chi connectivity index (χ1v) is 8.00. The summed E-state index contributed by atoms with van der Waals surface area (Å²) in [5.74, 6) is 0.422. The van der Waals surface area contributed by atoms with Gasteiger partial charge in [0.25, 0.3) is 0 Å². The minimum absolute atomic E-state index is 0.132. The summed E-state index contributed by atoms with van der Waals surface area (Å²) in [5.41, 5.74) is 1.26. The molecular formula is C16H13N3O3S. The Labute approximate surface area is 136 Å². The molecule has 3 rings (SSSR count). The number of nitriles is 1. The largest absolute Gasteiger partial charge is 0.397 e. The van der Waals surface area contributed by atoms with Crippen LogP contribution in [0.25, 0.3) is 0 Å². The number of benzene rings is 2. The summed E-state index contributed by atoms with van der Waals surface area (Å²) in [6.45, 7) is 1.23. The number of urea groups is 1. The van der Waals surface area contributed by atoms with Crippen LogP contribution in [0, 0.1) is 11.3 Å². The first kappa shape index (κ1) is 15.1. The third-order valence-electron chi connectivity index (χ3n) is 3.35. The van der Waals surface area contributed by atoms with Gasteiger partial charge in [0.05, 0.1) is 16.5 Å². The number of carbonyl (C=O) groups is 1. The fraction of sp³-hybridized carbons (Fsp3) is 0.125. The van der Waals surface area contributed by atoms with Crippen LogP contribution in [-0.2, 0) is 11.1 Å². The van der Waals surface area contributed by atoms with E-state index in [4.69, 9.17) is 9.44 Å². The van der Waals surface area contributed by atoms with Crippen molar-refractivity contribution >= 4 is 22.8 Å². The number of rotatable bonds is 4. The third kappa shape index (κ3) is 3.33. The molecule has 1 aliphatic heterocycles. The highest BCUT2D eigenvalue weighted by Crippen LogP contribution is 2.21. The lowest BCUT2D eigenvalue weighted by Gasteiger charge is -2.14. The molecule has 116 valence electrons. The molecule has 1 unspecified atom stereocenters. The second-order valence-electron chi connectivity index (χ2n) is 4.83. The lowest BCUT2D eigenvalue weighted by Crippen LogP contribution is -2.27. The Morgan fingerprint density at radius 2 is 1.83 bits per heavy atom. The normalized spacial score (nSPS) is 14.9. The van der Waals surface area contributed by atoms with E-state index >= 15 is 0 Å². The van der Waals surface area contributed by atoms with E-state index < -0.39 is 11.1 Å². The van der Waals surface area contributed by atoms with Crippen LogP contribution < -0.4 is 14.4 Å². The summed E-state index contributed by atoms with van der Waals surface area (Å²) in [4.78, 5) is 13.7. The Hall–Kier alpha value is -2.85. The molecule has 2 aromatic rings. The minimum atomic E-state index is -1.66. The van der Waals surface area contributed by atoms with Crippen molar-refractivity contribution in [3.8, 4) is 11.8 Å². The van der Waals surface area contributed by atoms with Crippen LogP contribution in [0.2, 0.25) is 0 Å². The lowest BCUT2D eigenvalue weighted by molar-refractivity contribution is 0.252. The first-order chi connectivity index (χ1) is 11.2. The summed E-state index contributed by atoms with van der Waals surface area (Å²) in [6, 6.07) is 15.1. The molecule has 1 heterocycles. The van der Waals surface area contributed by atoms with Crippen molar-refractivity contribution in [1.82, 2.24) is 5.32 Å². The number of anilines is 1. The van der Waals surface area contributed by atoms with Crippen LogP contribution in [0.4, 0.5) is 10.5 Å². The molecular weight excluding hydrogens is 314 g/mol. The van der Waals surface area contributed by atoms with Crippen molar-refractivity contribution in [3.05, 3.63) is 54.1 Å². The Morgan fingerprint density at radius 1 is 1.13 bits per heavy atom. The van der Waals surface area contributed by atoms with Gasteiger partial charge in [0.1, 0.15) is 5.75 Å². The first-order valence-electron chi connectivity index (χ1n) is 6.93. The van der Waals surface area contributed by atoms with Gasteiger partial charge in [0, 0.05) is 18.8 Å². The SMILES string of the molecule is N#Cc1ccc(OS(=O)c2ccc(N3CCNC3=O)cc2)cc1. The standard InChI is InChI=1S/C16H13N3O3S/c17-11-12-1-5-14(6-2-12)22-23(21)15-7-3-13(4-8-15)19-10-9-18-16(19)20/h1-8H,9-10H2,(H,18,20). The molecule has 0 aliphatic carbocycles. The van der Waals surface area contributed by atoms with E-state index in [0.717, 1.165) is 5.69 Å². The van der Waals surface area contributed by atoms with E-state index in [-0.39, 0.29) is 6.03 Å². The summed E-state index contributed by atoms with van der Waals surface area (Å²) in [6.07, 6.45) is 0. The zero-order valence-electron chi connectivity index (χ0n) is 12.1. The van der Waals surface area contributed by atoms with Crippen LogP contribution in [0.3, 0.4) is 0 Å². The Morgan fingerprint density at radius 3 is 2.39 bits per heavy atom. The highest BCUT2D eigenvalue weighted by Gasteiger charge is 2.21. The Bertz CT molecular complexity index is 782. The van der Waals surface area contributed by atoms with Gasteiger partial charge in [-0.15, -0.1) is 0 Å². The van der Waals surface area contributed by atoms with Crippen LogP contribution in [0.1, 0.15) is 5.56 Å². The average molecular weight is 327 g/mol. The van der Waals surface area contributed by atoms with E-state index in [0.29, 0.717) is 29.3 Å². The maximum atomic E-state index is 12.2. The molecule has 2 amide bonds. The molecule has 7 heteroatoms. The number of hydrogen-bond donors (Lipinski definition) is 1. The van der Waals surface area contributed by atoms with Gasteiger partial charge in [-0.1, -0.05) is 0 Å². The molecule has 1 saturated heterocycles. The molecule has 23 heavy (non-hydrogen) atoms. The molecule has 2 aromatic carbocycles. The molecule has 1 N–H and O–H groups in total. The number of carbonyl (C=O) groups excluding carboxylic acids is 1. The van der Waals surface area contributed by atoms with Crippen LogP contribution in [0.5, 0.6) is 5.75 Å². The van der Waals surface area contributed by atoms with Crippen molar-refractivity contribution < 1.29 is 13.2 Å². The summed E-state index contributed by atoms with van der Waals surface area (Å²) in [7, 11) is 0. The monoisotopic (exact) mass is 327 g/mol. The molecule has 1 aliphatic rings. The Kier molecular flexibility index (Phi) is 4.26. The van der Waals surface area contributed by atoms with Crippen LogP contribution >= 0.6 is 0 Å². The second-order valence-corrected chi connectivity index (χ2v) is 5.94. The fourth-order valence-corrected chi connectivity index (χ4v) is 2.92. The predicted molar refractivity (Wildman–Crippen MR) is 85.4 cm³/mol. The zero-order chi connectivity index (χ0) is 16.2. The predicted octanol–water partition coefficient (Wildman–Crippen LogP) is 2.19. The molecule has 1 fully saturated rings. The van der Waals surface area contributed by atoms with E-state index in [1.807, 2.05) is 6.07 Å². The highest BCUT2D eigenvalue weighted by molar-refractivity contribution is 7.80. The maximum Gasteiger partial charge on any atom is 0.321 e. The molecule has 0 spiro atoms. The van der Waals surface area contributed by atoms with Gasteiger partial charge >= 0.3 is 6.03 Å². The van der Waals surface area contributed by atoms with Gasteiger partial charge in [-0.3, -0.25) is 4.90 Å². The maximum absolute atomic E-state index is 12.2. The lowest BCUT2D eigenvalue weighted by atomic mass is 10.2. The third-order valence-corrected chi connectivity index (χ3v) is 4.35. The molecule has 0 aromatic heterocycles. The molecule has 1 atom stereocenters. The minimum Gasteiger partial charge on any atom is -0.397 e. The molecule has 0 bridgehead atoms. The summed E-state index contributed by atoms with van der Waals surface area (Å²) in [5, 5.41) is 11.5. The van der Waals surface area contributed by atoms with E-state index in [1.165, 1.54) is 0 Å². The number of hydrogen-bond acceptors (Lipinski definition) is 4. The van der Waals surface area contributed by atoms with Gasteiger partial charge in [-0.25, -0.2) is 9.00 Å². The highest BCUT2D eigenvalue weighted by atomic mass is 32.2. The Balaban J connectivity index is 1.70. The van der Waals surface area contributed by atoms with E-state index in [1.54, 1.807) is 53.4 Å². The van der Waals surface area contributed by atoms with Crippen LogP contribution in [-0.4, -0.2) is 23.3 Å².